The van der Waals surface area contributed by atoms with Gasteiger partial charge in [-0.1, -0.05) is 55.0 Å². The zero-order valence-electron chi connectivity index (χ0n) is 23.6. The third-order valence-electron chi connectivity index (χ3n) is 7.98. The molecular formula is C31H40N4O6S. The fourth-order valence-corrected chi connectivity index (χ4v) is 7.21. The molecule has 3 amide bonds. The van der Waals surface area contributed by atoms with Crippen LogP contribution in [0.25, 0.3) is 11.1 Å². The van der Waals surface area contributed by atoms with Gasteiger partial charge < -0.3 is 31.5 Å². The zero-order valence-corrected chi connectivity index (χ0v) is 24.4. The maximum atomic E-state index is 12.5. The molecule has 0 radical (unpaired) electrons. The summed E-state index contributed by atoms with van der Waals surface area (Å²) in [6, 6.07) is 14.9. The number of carbonyl (C=O) groups excluding carboxylic acids is 3. The topological polar surface area (TPSA) is 160 Å². The predicted octanol–water partition coefficient (Wildman–Crippen LogP) is 3.38. The predicted molar refractivity (Wildman–Crippen MR) is 162 cm³/mol. The van der Waals surface area contributed by atoms with Crippen molar-refractivity contribution in [1.29, 1.82) is 0 Å². The maximum Gasteiger partial charge on any atom is 0.407 e. The average Bonchev–Trinajstić information content (AvgIpc) is 3.50. The molecule has 11 heteroatoms. The number of nitrogens with two attached hydrogens (primary N) is 1. The monoisotopic (exact) mass is 596 g/mol. The molecule has 1 fully saturated rings. The van der Waals surface area contributed by atoms with Gasteiger partial charge in [-0.05, 0) is 54.4 Å². The molecule has 6 N–H and O–H groups in total. The highest BCUT2D eigenvalue weighted by atomic mass is 32.2. The molecule has 42 heavy (non-hydrogen) atoms. The highest BCUT2D eigenvalue weighted by Gasteiger charge is 2.33. The number of hydrogen-bond donors (Lipinski definition) is 5. The smallest absolute Gasteiger partial charge is 0.407 e. The number of thioether (sulfide) groups is 1. The van der Waals surface area contributed by atoms with E-state index < -0.39 is 18.1 Å². The zero-order chi connectivity index (χ0) is 29.9. The minimum Gasteiger partial charge on any atom is -0.480 e. The van der Waals surface area contributed by atoms with E-state index in [2.05, 4.69) is 28.1 Å². The molecule has 4 unspecified atom stereocenters. The molecule has 0 aromatic heterocycles. The van der Waals surface area contributed by atoms with Gasteiger partial charge in [0.25, 0.3) is 0 Å². The van der Waals surface area contributed by atoms with E-state index in [9.17, 15) is 24.3 Å². The second-order valence-electron chi connectivity index (χ2n) is 10.8. The van der Waals surface area contributed by atoms with Crippen LogP contribution in [0.3, 0.4) is 0 Å². The number of nitrogens with one attached hydrogen (secondary N) is 3. The van der Waals surface area contributed by atoms with Crippen LogP contribution < -0.4 is 21.7 Å². The van der Waals surface area contributed by atoms with Crippen LogP contribution in [-0.4, -0.2) is 71.8 Å². The largest absolute Gasteiger partial charge is 0.480 e. The molecule has 0 bridgehead atoms. The lowest BCUT2D eigenvalue weighted by Gasteiger charge is -2.18. The summed E-state index contributed by atoms with van der Waals surface area (Å²) in [5.41, 5.74) is 10.6. The lowest BCUT2D eigenvalue weighted by atomic mass is 9.98. The van der Waals surface area contributed by atoms with Crippen molar-refractivity contribution in [3.63, 3.8) is 0 Å². The van der Waals surface area contributed by atoms with Crippen molar-refractivity contribution in [2.75, 3.05) is 18.9 Å². The first kappa shape index (κ1) is 31.4. The first-order chi connectivity index (χ1) is 20.4. The average molecular weight is 597 g/mol. The lowest BCUT2D eigenvalue weighted by Crippen LogP contribution is -2.46. The van der Waals surface area contributed by atoms with Crippen molar-refractivity contribution in [2.24, 2.45) is 5.73 Å². The summed E-state index contributed by atoms with van der Waals surface area (Å²) in [4.78, 5) is 47.1. The Morgan fingerprint density at radius 2 is 1.71 bits per heavy atom. The maximum absolute atomic E-state index is 12.5. The number of amides is 3. The van der Waals surface area contributed by atoms with Gasteiger partial charge in [0.15, 0.2) is 0 Å². The van der Waals surface area contributed by atoms with Crippen LogP contribution in [0.15, 0.2) is 48.5 Å². The number of alkyl carbamates (subject to hydrolysis) is 1. The Morgan fingerprint density at radius 1 is 1.02 bits per heavy atom. The van der Waals surface area contributed by atoms with Crippen molar-refractivity contribution < 1.29 is 29.0 Å². The molecule has 1 heterocycles. The Kier molecular flexibility index (Phi) is 11.7. The first-order valence-corrected chi connectivity index (χ1v) is 15.6. The summed E-state index contributed by atoms with van der Waals surface area (Å²) in [6.45, 7) is 0.556. The number of carboxylic acids is 1. The lowest BCUT2D eigenvalue weighted by molar-refractivity contribution is -0.139. The third kappa shape index (κ3) is 8.25. The van der Waals surface area contributed by atoms with E-state index >= 15 is 0 Å². The summed E-state index contributed by atoms with van der Waals surface area (Å²) >= 11 is 1.77. The molecule has 2 aromatic rings. The van der Waals surface area contributed by atoms with E-state index in [1.165, 1.54) is 0 Å². The van der Waals surface area contributed by atoms with Crippen LogP contribution >= 0.6 is 11.8 Å². The van der Waals surface area contributed by atoms with Crippen LogP contribution in [-0.2, 0) is 19.1 Å². The highest BCUT2D eigenvalue weighted by Crippen LogP contribution is 2.44. The Balaban J connectivity index is 1.10. The number of unbranched alkanes of at least 4 members (excludes halogenated alkanes) is 2. The molecule has 2 aliphatic rings. The van der Waals surface area contributed by atoms with Crippen LogP contribution in [0.2, 0.25) is 0 Å². The van der Waals surface area contributed by atoms with Gasteiger partial charge in [-0.3, -0.25) is 9.59 Å². The Labute approximate surface area is 250 Å². The van der Waals surface area contributed by atoms with E-state index in [-0.39, 0.29) is 42.2 Å². The van der Waals surface area contributed by atoms with Gasteiger partial charge in [0.2, 0.25) is 12.3 Å². The number of carboxylic acid groups (broad SMARTS) is 1. The van der Waals surface area contributed by atoms with Crippen LogP contribution in [0, 0.1) is 0 Å². The van der Waals surface area contributed by atoms with Gasteiger partial charge in [0, 0.05) is 35.9 Å². The number of hydrogen-bond acceptors (Lipinski definition) is 7. The number of benzene rings is 2. The number of ether oxygens (including phenoxy) is 1. The van der Waals surface area contributed by atoms with Gasteiger partial charge in [-0.2, -0.15) is 11.8 Å². The Hall–Kier alpha value is -3.57. The summed E-state index contributed by atoms with van der Waals surface area (Å²) in [7, 11) is 0. The number of aliphatic carboxylic acids is 1. The van der Waals surface area contributed by atoms with E-state index in [1.807, 2.05) is 36.4 Å². The van der Waals surface area contributed by atoms with Crippen molar-refractivity contribution in [3.8, 4) is 11.1 Å². The van der Waals surface area contributed by atoms with Crippen LogP contribution in [0.1, 0.15) is 62.0 Å². The summed E-state index contributed by atoms with van der Waals surface area (Å²) < 4.78 is 5.48. The van der Waals surface area contributed by atoms with E-state index in [0.29, 0.717) is 32.2 Å². The van der Waals surface area contributed by atoms with Crippen molar-refractivity contribution >= 4 is 36.1 Å². The first-order valence-electron chi connectivity index (χ1n) is 14.6. The summed E-state index contributed by atoms with van der Waals surface area (Å²) in [6.07, 6.45) is 4.25. The molecule has 4 rings (SSSR count). The van der Waals surface area contributed by atoms with Gasteiger partial charge in [-0.15, -0.1) is 0 Å². The van der Waals surface area contributed by atoms with Crippen LogP contribution in [0.4, 0.5) is 4.79 Å². The summed E-state index contributed by atoms with van der Waals surface area (Å²) in [5.74, 6) is -0.451. The number of carbonyl (C=O) groups is 4. The van der Waals surface area contributed by atoms with E-state index in [4.69, 9.17) is 10.5 Å². The van der Waals surface area contributed by atoms with Gasteiger partial charge in [0.1, 0.15) is 12.6 Å². The van der Waals surface area contributed by atoms with E-state index in [1.54, 1.807) is 11.8 Å². The molecule has 4 atom stereocenters. The highest BCUT2D eigenvalue weighted by molar-refractivity contribution is 8.00. The molecule has 0 spiro atoms. The van der Waals surface area contributed by atoms with Gasteiger partial charge in [0.05, 0.1) is 6.04 Å². The van der Waals surface area contributed by atoms with Crippen molar-refractivity contribution in [1.82, 2.24) is 16.0 Å². The third-order valence-corrected chi connectivity index (χ3v) is 9.51. The standard InChI is InChI=1S/C31H40N4O6S/c32-29-26(34-19-36)18-42-27(29)14-5-6-15-28(37)33-16-8-7-13-25(30(38)39)35-31(40)41-17-24-22-11-3-1-9-20(22)21-10-2-4-12-23(21)24/h1-4,9-12,19,24-27,29H,5-8,13-18,32H2,(H,33,37)(H,34,36)(H,35,40)(H,38,39). The molecule has 1 saturated heterocycles. The molecule has 1 aliphatic heterocycles. The quantitative estimate of drug-likeness (QED) is 0.146. The minimum atomic E-state index is -1.12. The van der Waals surface area contributed by atoms with E-state index in [0.717, 1.165) is 47.3 Å². The number of rotatable bonds is 16. The minimum absolute atomic E-state index is 0.00985. The molecule has 2 aromatic carbocycles. The molecular weight excluding hydrogens is 556 g/mol. The van der Waals surface area contributed by atoms with Gasteiger partial charge >= 0.3 is 12.1 Å². The molecule has 226 valence electrons. The molecule has 0 saturated carbocycles. The molecule has 1 aliphatic carbocycles. The summed E-state index contributed by atoms with van der Waals surface area (Å²) in [5, 5.41) is 18.0. The fraction of sp³-hybridized carbons (Fsp3) is 0.484. The Morgan fingerprint density at radius 3 is 2.38 bits per heavy atom. The van der Waals surface area contributed by atoms with Gasteiger partial charge in [-0.25, -0.2) is 9.59 Å². The fourth-order valence-electron chi connectivity index (χ4n) is 5.69. The Bertz CT molecular complexity index is 1200. The normalized spacial score (nSPS) is 19.8. The van der Waals surface area contributed by atoms with Crippen molar-refractivity contribution in [2.45, 2.75) is 74.2 Å². The van der Waals surface area contributed by atoms with Crippen LogP contribution in [0.5, 0.6) is 0 Å². The SMILES string of the molecule is NC1C(NC=O)CSC1CCCCC(=O)NCCCCC(NC(=O)OCC1c2ccccc2-c2ccccc21)C(=O)O. The second-order valence-corrected chi connectivity index (χ2v) is 12.1. The van der Waals surface area contributed by atoms with Crippen molar-refractivity contribution in [3.05, 3.63) is 59.7 Å². The number of fused-ring (bicyclic) bond motifs is 3. The molecule has 10 nitrogen and oxygen atoms in total. The second kappa shape index (κ2) is 15.6.